The van der Waals surface area contributed by atoms with Crippen LogP contribution in [0.15, 0.2) is 47.4 Å². The van der Waals surface area contributed by atoms with E-state index >= 15 is 0 Å². The smallest absolute Gasteiger partial charge is 0.258 e. The van der Waals surface area contributed by atoms with Gasteiger partial charge in [-0.15, -0.1) is 0 Å². The molecule has 0 atom stereocenters. The van der Waals surface area contributed by atoms with Gasteiger partial charge in [0.05, 0.1) is 16.1 Å². The average molecular weight is 384 g/mol. The zero-order chi connectivity index (χ0) is 19.2. The number of anilines is 1. The third-order valence-corrected chi connectivity index (χ3v) is 4.89. The van der Waals surface area contributed by atoms with Gasteiger partial charge in [-0.05, 0) is 36.8 Å². The van der Waals surface area contributed by atoms with E-state index in [0.29, 0.717) is 13.0 Å². The Kier molecular flexibility index (Phi) is 6.78. The largest absolute Gasteiger partial charge is 0.385 e. The van der Waals surface area contributed by atoms with Crippen molar-refractivity contribution in [3.63, 3.8) is 0 Å². The summed E-state index contributed by atoms with van der Waals surface area (Å²) in [5, 5.41) is 2.22. The van der Waals surface area contributed by atoms with Gasteiger partial charge in [-0.25, -0.2) is 21.9 Å². The summed E-state index contributed by atoms with van der Waals surface area (Å²) in [7, 11) is -2.39. The van der Waals surface area contributed by atoms with Crippen LogP contribution in [0.5, 0.6) is 0 Å². The van der Waals surface area contributed by atoms with Crippen LogP contribution >= 0.6 is 0 Å². The Morgan fingerprint density at radius 1 is 1.12 bits per heavy atom. The van der Waals surface area contributed by atoms with Crippen LogP contribution in [0.1, 0.15) is 16.8 Å². The molecular formula is C17H18F2N2O4S. The Hall–Kier alpha value is -2.36. The maximum absolute atomic E-state index is 14.2. The van der Waals surface area contributed by atoms with Gasteiger partial charge < -0.3 is 10.1 Å². The number of ether oxygens (including phenoxy) is 1. The fourth-order valence-corrected chi connectivity index (χ4v) is 3.19. The fraction of sp³-hybridized carbons (Fsp3) is 0.235. The molecule has 0 aromatic heterocycles. The summed E-state index contributed by atoms with van der Waals surface area (Å²) in [6.45, 7) is 0.529. The molecule has 0 aliphatic heterocycles. The summed E-state index contributed by atoms with van der Waals surface area (Å²) in [5.41, 5.74) is -0.500. The first kappa shape index (κ1) is 20.0. The molecule has 140 valence electrons. The van der Waals surface area contributed by atoms with Gasteiger partial charge in [-0.1, -0.05) is 12.1 Å². The van der Waals surface area contributed by atoms with Crippen molar-refractivity contribution < 1.29 is 26.7 Å². The second-order valence-corrected chi connectivity index (χ2v) is 7.09. The van der Waals surface area contributed by atoms with E-state index in [-0.39, 0.29) is 22.7 Å². The van der Waals surface area contributed by atoms with E-state index in [9.17, 15) is 22.0 Å². The molecule has 0 aliphatic carbocycles. The van der Waals surface area contributed by atoms with Gasteiger partial charge in [0.25, 0.3) is 5.91 Å². The van der Waals surface area contributed by atoms with Gasteiger partial charge in [0.1, 0.15) is 11.6 Å². The summed E-state index contributed by atoms with van der Waals surface area (Å²) in [6.07, 6.45) is 0.467. The molecule has 26 heavy (non-hydrogen) atoms. The lowest BCUT2D eigenvalue weighted by Crippen LogP contribution is -2.25. The predicted molar refractivity (Wildman–Crippen MR) is 92.4 cm³/mol. The van der Waals surface area contributed by atoms with Crippen molar-refractivity contribution in [3.8, 4) is 0 Å². The van der Waals surface area contributed by atoms with Gasteiger partial charge in [0.2, 0.25) is 10.0 Å². The van der Waals surface area contributed by atoms with Gasteiger partial charge in [-0.2, -0.15) is 0 Å². The number of amides is 1. The van der Waals surface area contributed by atoms with Crippen molar-refractivity contribution in [1.82, 2.24) is 4.72 Å². The second kappa shape index (κ2) is 8.84. The second-order valence-electron chi connectivity index (χ2n) is 5.32. The van der Waals surface area contributed by atoms with Crippen molar-refractivity contribution in [2.75, 3.05) is 25.6 Å². The SMILES string of the molecule is COCCCNS(=O)(=O)c1ccc(NC(=O)c2ccccc2F)c(F)c1. The van der Waals surface area contributed by atoms with Crippen molar-refractivity contribution in [3.05, 3.63) is 59.7 Å². The zero-order valence-corrected chi connectivity index (χ0v) is 14.8. The molecule has 0 unspecified atom stereocenters. The Labute approximate surface area is 150 Å². The molecule has 0 saturated carbocycles. The summed E-state index contributed by atoms with van der Waals surface area (Å²) in [4.78, 5) is 11.7. The molecular weight excluding hydrogens is 366 g/mol. The molecule has 2 aromatic carbocycles. The van der Waals surface area contributed by atoms with E-state index in [2.05, 4.69) is 10.0 Å². The summed E-state index contributed by atoms with van der Waals surface area (Å²) < 4.78 is 59.1. The van der Waals surface area contributed by atoms with Crippen molar-refractivity contribution in [2.45, 2.75) is 11.3 Å². The van der Waals surface area contributed by atoms with Crippen LogP contribution in [0.25, 0.3) is 0 Å². The highest BCUT2D eigenvalue weighted by Gasteiger charge is 2.18. The highest BCUT2D eigenvalue weighted by Crippen LogP contribution is 2.20. The molecule has 0 aliphatic rings. The Balaban J connectivity index is 2.12. The maximum atomic E-state index is 14.2. The molecule has 0 radical (unpaired) electrons. The number of methoxy groups -OCH3 is 1. The van der Waals surface area contributed by atoms with Gasteiger partial charge in [0, 0.05) is 20.3 Å². The number of hydrogen-bond donors (Lipinski definition) is 2. The molecule has 9 heteroatoms. The Morgan fingerprint density at radius 3 is 2.50 bits per heavy atom. The van der Waals surface area contributed by atoms with Crippen molar-refractivity contribution in [2.24, 2.45) is 0 Å². The molecule has 2 aromatic rings. The number of hydrogen-bond acceptors (Lipinski definition) is 4. The number of carbonyl (C=O) groups is 1. The van der Waals surface area contributed by atoms with E-state index in [4.69, 9.17) is 4.74 Å². The lowest BCUT2D eigenvalue weighted by atomic mass is 10.2. The molecule has 2 N–H and O–H groups in total. The average Bonchev–Trinajstić information content (AvgIpc) is 2.60. The zero-order valence-electron chi connectivity index (χ0n) is 14.0. The lowest BCUT2D eigenvalue weighted by Gasteiger charge is -2.10. The number of carbonyl (C=O) groups excluding carboxylic acids is 1. The number of rotatable bonds is 8. The summed E-state index contributed by atoms with van der Waals surface area (Å²) in [5.74, 6) is -2.53. The number of benzene rings is 2. The molecule has 0 spiro atoms. The number of nitrogens with one attached hydrogen (secondary N) is 2. The third-order valence-electron chi connectivity index (χ3n) is 3.43. The first-order valence-electron chi connectivity index (χ1n) is 7.69. The quantitative estimate of drug-likeness (QED) is 0.685. The molecule has 0 bridgehead atoms. The number of halogens is 2. The van der Waals surface area contributed by atoms with Crippen LogP contribution in [-0.4, -0.2) is 34.6 Å². The first-order valence-corrected chi connectivity index (χ1v) is 9.17. The van der Waals surface area contributed by atoms with Crippen LogP contribution in [-0.2, 0) is 14.8 Å². The van der Waals surface area contributed by atoms with Crippen LogP contribution in [0.2, 0.25) is 0 Å². The minimum Gasteiger partial charge on any atom is -0.385 e. The van der Waals surface area contributed by atoms with Crippen LogP contribution < -0.4 is 10.0 Å². The van der Waals surface area contributed by atoms with Gasteiger partial charge in [-0.3, -0.25) is 4.79 Å². The van der Waals surface area contributed by atoms with Crippen LogP contribution in [0, 0.1) is 11.6 Å². The van der Waals surface area contributed by atoms with Crippen molar-refractivity contribution >= 4 is 21.6 Å². The molecule has 1 amide bonds. The predicted octanol–water partition coefficient (Wildman–Crippen LogP) is 2.53. The lowest BCUT2D eigenvalue weighted by molar-refractivity contribution is 0.102. The van der Waals surface area contributed by atoms with Crippen LogP contribution in [0.4, 0.5) is 14.5 Å². The molecule has 6 nitrogen and oxygen atoms in total. The minimum absolute atomic E-state index is 0.142. The standard InChI is InChI=1S/C17H18F2N2O4S/c1-25-10-4-9-20-26(23,24)12-7-8-16(15(19)11-12)21-17(22)13-5-2-3-6-14(13)18/h2-3,5-8,11,20H,4,9-10H2,1H3,(H,21,22). The monoisotopic (exact) mass is 384 g/mol. The molecule has 2 rings (SSSR count). The van der Waals surface area contributed by atoms with E-state index < -0.39 is 27.6 Å². The van der Waals surface area contributed by atoms with E-state index in [1.807, 2.05) is 0 Å². The Morgan fingerprint density at radius 2 is 1.85 bits per heavy atom. The molecule has 0 fully saturated rings. The van der Waals surface area contributed by atoms with E-state index in [1.54, 1.807) is 0 Å². The fourth-order valence-electron chi connectivity index (χ4n) is 2.11. The normalized spacial score (nSPS) is 11.3. The first-order chi connectivity index (χ1) is 12.3. The summed E-state index contributed by atoms with van der Waals surface area (Å²) in [6, 6.07) is 8.30. The topological polar surface area (TPSA) is 84.5 Å². The number of sulfonamides is 1. The third kappa shape index (κ3) is 5.07. The summed E-state index contributed by atoms with van der Waals surface area (Å²) >= 11 is 0. The maximum Gasteiger partial charge on any atom is 0.258 e. The molecule has 0 saturated heterocycles. The van der Waals surface area contributed by atoms with Crippen LogP contribution in [0.3, 0.4) is 0 Å². The highest BCUT2D eigenvalue weighted by molar-refractivity contribution is 7.89. The minimum atomic E-state index is -3.89. The van der Waals surface area contributed by atoms with Gasteiger partial charge >= 0.3 is 0 Å². The molecule has 0 heterocycles. The van der Waals surface area contributed by atoms with E-state index in [1.165, 1.54) is 25.3 Å². The van der Waals surface area contributed by atoms with Gasteiger partial charge in [0.15, 0.2) is 0 Å². The van der Waals surface area contributed by atoms with Crippen molar-refractivity contribution in [1.29, 1.82) is 0 Å². The van der Waals surface area contributed by atoms with E-state index in [0.717, 1.165) is 24.3 Å². The Bertz CT molecular complexity index is 888. The highest BCUT2D eigenvalue weighted by atomic mass is 32.2.